The maximum absolute atomic E-state index is 13.6. The highest BCUT2D eigenvalue weighted by Gasteiger charge is 2.15. The first-order valence-electron chi connectivity index (χ1n) is 5.17. The van der Waals surface area contributed by atoms with Gasteiger partial charge in [0.25, 0.3) is 0 Å². The summed E-state index contributed by atoms with van der Waals surface area (Å²) in [7, 11) is 0. The van der Waals surface area contributed by atoms with E-state index < -0.39 is 11.6 Å². The van der Waals surface area contributed by atoms with E-state index in [4.69, 9.17) is 10.5 Å². The Morgan fingerprint density at radius 3 is 2.78 bits per heavy atom. The van der Waals surface area contributed by atoms with Crippen LogP contribution in [0.15, 0.2) is 11.2 Å². The average Bonchev–Trinajstić information content (AvgIpc) is 2.32. The first-order chi connectivity index (χ1) is 8.47. The third kappa shape index (κ3) is 3.36. The second kappa shape index (κ2) is 6.25. The first kappa shape index (κ1) is 14.3. The molecule has 0 spiro atoms. The maximum Gasteiger partial charge on any atom is 0.184 e. The molecular weight excluding hydrogens is 260 g/mol. The smallest absolute Gasteiger partial charge is 0.184 e. The molecule has 0 amide bonds. The molecule has 0 aliphatic rings. The Bertz CT molecular complexity index is 492. The van der Waals surface area contributed by atoms with Crippen molar-refractivity contribution in [3.8, 4) is 5.75 Å². The second-order valence-electron chi connectivity index (χ2n) is 3.38. The van der Waals surface area contributed by atoms with E-state index in [1.807, 2.05) is 0 Å². The molecule has 0 unspecified atom stereocenters. The van der Waals surface area contributed by atoms with E-state index in [-0.39, 0.29) is 22.0 Å². The molecule has 3 N–H and O–H groups in total. The molecule has 1 aromatic rings. The van der Waals surface area contributed by atoms with Crippen molar-refractivity contribution in [2.45, 2.75) is 13.8 Å². The Labute approximate surface area is 109 Å². The lowest BCUT2D eigenvalue weighted by Gasteiger charge is -2.10. The van der Waals surface area contributed by atoms with Crippen LogP contribution in [0.3, 0.4) is 0 Å². The van der Waals surface area contributed by atoms with Gasteiger partial charge in [0.2, 0.25) is 0 Å². The lowest BCUT2D eigenvalue weighted by Crippen LogP contribution is -2.24. The largest absolute Gasteiger partial charge is 0.493 e. The van der Waals surface area contributed by atoms with Crippen LogP contribution in [0.25, 0.3) is 0 Å². The SMILES string of the molecule is CCOc1cc(C=NNC(N)=S)c(F)c(F)c1C. The highest BCUT2D eigenvalue weighted by molar-refractivity contribution is 7.80. The summed E-state index contributed by atoms with van der Waals surface area (Å²) in [5.74, 6) is -1.68. The van der Waals surface area contributed by atoms with Gasteiger partial charge >= 0.3 is 0 Å². The topological polar surface area (TPSA) is 59.6 Å². The molecule has 1 aromatic carbocycles. The van der Waals surface area contributed by atoms with Gasteiger partial charge < -0.3 is 10.5 Å². The van der Waals surface area contributed by atoms with Crippen molar-refractivity contribution in [3.63, 3.8) is 0 Å². The number of hydrogen-bond acceptors (Lipinski definition) is 3. The molecule has 0 saturated carbocycles. The summed E-state index contributed by atoms with van der Waals surface area (Å²) >= 11 is 4.52. The number of rotatable bonds is 4. The van der Waals surface area contributed by atoms with Gasteiger partial charge in [-0.3, -0.25) is 5.43 Å². The second-order valence-corrected chi connectivity index (χ2v) is 3.82. The normalized spacial score (nSPS) is 10.7. The summed E-state index contributed by atoms with van der Waals surface area (Å²) in [6, 6.07) is 1.36. The summed E-state index contributed by atoms with van der Waals surface area (Å²) in [4.78, 5) is 0. The summed E-state index contributed by atoms with van der Waals surface area (Å²) < 4.78 is 32.4. The molecule has 1 rings (SSSR count). The van der Waals surface area contributed by atoms with E-state index in [1.54, 1.807) is 6.92 Å². The van der Waals surface area contributed by atoms with Gasteiger partial charge in [0.1, 0.15) is 5.75 Å². The number of nitrogens with zero attached hydrogens (tertiary/aromatic N) is 1. The number of nitrogens with two attached hydrogens (primary N) is 1. The fourth-order valence-electron chi connectivity index (χ4n) is 1.28. The third-order valence-electron chi connectivity index (χ3n) is 2.11. The van der Waals surface area contributed by atoms with Crippen LogP contribution >= 0.6 is 12.2 Å². The van der Waals surface area contributed by atoms with Crippen LogP contribution in [-0.2, 0) is 0 Å². The lowest BCUT2D eigenvalue weighted by molar-refractivity contribution is 0.333. The van der Waals surface area contributed by atoms with E-state index in [9.17, 15) is 8.78 Å². The zero-order valence-electron chi connectivity index (χ0n) is 9.96. The average molecular weight is 273 g/mol. The summed E-state index contributed by atoms with van der Waals surface area (Å²) in [5, 5.41) is 3.51. The zero-order chi connectivity index (χ0) is 13.7. The molecule has 98 valence electrons. The number of nitrogens with one attached hydrogen (secondary N) is 1. The summed E-state index contributed by atoms with van der Waals surface area (Å²) in [6.07, 6.45) is 1.08. The van der Waals surface area contributed by atoms with Crippen LogP contribution in [0.2, 0.25) is 0 Å². The molecule has 4 nitrogen and oxygen atoms in total. The third-order valence-corrected chi connectivity index (χ3v) is 2.20. The van der Waals surface area contributed by atoms with E-state index in [0.717, 1.165) is 6.21 Å². The number of hydrazone groups is 1. The molecule has 7 heteroatoms. The highest BCUT2D eigenvalue weighted by Crippen LogP contribution is 2.25. The fourth-order valence-corrected chi connectivity index (χ4v) is 1.33. The minimum absolute atomic E-state index is 0.0506. The summed E-state index contributed by atoms with van der Waals surface area (Å²) in [6.45, 7) is 3.55. The Morgan fingerprint density at radius 1 is 1.56 bits per heavy atom. The van der Waals surface area contributed by atoms with Gasteiger partial charge in [-0.2, -0.15) is 5.10 Å². The molecule has 0 aliphatic carbocycles. The molecule has 0 heterocycles. The molecule has 0 aromatic heterocycles. The van der Waals surface area contributed by atoms with Gasteiger partial charge in [0, 0.05) is 11.1 Å². The van der Waals surface area contributed by atoms with Gasteiger partial charge in [0.15, 0.2) is 16.7 Å². The van der Waals surface area contributed by atoms with Crippen molar-refractivity contribution < 1.29 is 13.5 Å². The first-order valence-corrected chi connectivity index (χ1v) is 5.58. The molecule has 0 fully saturated rings. The Kier molecular flexibility index (Phi) is 4.96. The van der Waals surface area contributed by atoms with Crippen LogP contribution < -0.4 is 15.9 Å². The molecular formula is C11H13F2N3OS. The van der Waals surface area contributed by atoms with E-state index in [2.05, 4.69) is 22.7 Å². The summed E-state index contributed by atoms with van der Waals surface area (Å²) in [5.41, 5.74) is 7.46. The minimum atomic E-state index is -0.996. The molecule has 0 atom stereocenters. The number of hydrogen-bond donors (Lipinski definition) is 2. The van der Waals surface area contributed by atoms with Crippen molar-refractivity contribution in [2.24, 2.45) is 10.8 Å². The maximum atomic E-state index is 13.6. The van der Waals surface area contributed by atoms with Gasteiger partial charge in [-0.05, 0) is 32.1 Å². The Balaban J connectivity index is 3.11. The number of benzene rings is 1. The van der Waals surface area contributed by atoms with Crippen LogP contribution in [0.4, 0.5) is 8.78 Å². The van der Waals surface area contributed by atoms with Crippen molar-refractivity contribution in [1.29, 1.82) is 0 Å². The molecule has 18 heavy (non-hydrogen) atoms. The molecule has 0 saturated heterocycles. The quantitative estimate of drug-likeness (QED) is 0.499. The van der Waals surface area contributed by atoms with Crippen LogP contribution in [-0.4, -0.2) is 17.9 Å². The minimum Gasteiger partial charge on any atom is -0.493 e. The predicted molar refractivity (Wildman–Crippen MR) is 69.8 cm³/mol. The molecule has 0 bridgehead atoms. The van der Waals surface area contributed by atoms with Crippen molar-refractivity contribution in [2.75, 3.05) is 6.61 Å². The van der Waals surface area contributed by atoms with Crippen molar-refractivity contribution in [3.05, 3.63) is 28.8 Å². The number of thiocarbonyl (C=S) groups is 1. The number of halogens is 2. The van der Waals surface area contributed by atoms with Gasteiger partial charge in [-0.25, -0.2) is 8.78 Å². The van der Waals surface area contributed by atoms with Gasteiger partial charge in [0.05, 0.1) is 12.8 Å². The molecule has 0 radical (unpaired) electrons. The van der Waals surface area contributed by atoms with Crippen molar-refractivity contribution in [1.82, 2.24) is 5.43 Å². The monoisotopic (exact) mass is 273 g/mol. The van der Waals surface area contributed by atoms with Crippen LogP contribution in [0, 0.1) is 18.6 Å². The zero-order valence-corrected chi connectivity index (χ0v) is 10.8. The Hall–Kier alpha value is -1.76. The van der Waals surface area contributed by atoms with Crippen LogP contribution in [0.1, 0.15) is 18.1 Å². The Morgan fingerprint density at radius 2 is 2.22 bits per heavy atom. The van der Waals surface area contributed by atoms with Gasteiger partial charge in [-0.1, -0.05) is 0 Å². The fraction of sp³-hybridized carbons (Fsp3) is 0.273. The lowest BCUT2D eigenvalue weighted by atomic mass is 10.1. The standard InChI is InChI=1S/C11H13F2N3OS/c1-3-17-8-4-7(5-15-16-11(14)18)10(13)9(12)6(8)2/h4-5H,3H2,1-2H3,(H3,14,16,18). The van der Waals surface area contributed by atoms with E-state index >= 15 is 0 Å². The van der Waals surface area contributed by atoms with Gasteiger partial charge in [-0.15, -0.1) is 0 Å². The predicted octanol–water partition coefficient (Wildman–Crippen LogP) is 1.84. The van der Waals surface area contributed by atoms with E-state index in [1.165, 1.54) is 13.0 Å². The van der Waals surface area contributed by atoms with Crippen LogP contribution in [0.5, 0.6) is 5.75 Å². The highest BCUT2D eigenvalue weighted by atomic mass is 32.1. The number of ether oxygens (including phenoxy) is 1. The van der Waals surface area contributed by atoms with E-state index in [0.29, 0.717) is 6.61 Å². The molecule has 0 aliphatic heterocycles. The van der Waals surface area contributed by atoms with Crippen molar-refractivity contribution >= 4 is 23.5 Å².